The number of carbonyl (C=O) groups excluding carboxylic acids is 2. The van der Waals surface area contributed by atoms with E-state index in [2.05, 4.69) is 55.9 Å². The summed E-state index contributed by atoms with van der Waals surface area (Å²) in [6, 6.07) is 6.20. The zero-order chi connectivity index (χ0) is 19.0. The second-order valence-corrected chi connectivity index (χ2v) is 7.09. The number of hydrogen-bond acceptors (Lipinski definition) is 4. The Labute approximate surface area is 151 Å². The van der Waals surface area contributed by atoms with Crippen LogP contribution in [0.5, 0.6) is 0 Å². The molecular weight excluding hydrogens is 316 g/mol. The topological polar surface area (TPSA) is 58.6 Å². The van der Waals surface area contributed by atoms with Crippen LogP contribution in [0.2, 0.25) is 0 Å². The van der Waals surface area contributed by atoms with Crippen LogP contribution in [0.25, 0.3) is 0 Å². The van der Waals surface area contributed by atoms with Crippen molar-refractivity contribution in [1.29, 1.82) is 0 Å². The molecule has 0 aliphatic carbocycles. The summed E-state index contributed by atoms with van der Waals surface area (Å²) in [5.74, 6) is 0.136. The molecule has 0 unspecified atom stereocenters. The molecule has 0 fully saturated rings. The van der Waals surface area contributed by atoms with Crippen LogP contribution < -0.4 is 5.32 Å². The first kappa shape index (κ1) is 21.2. The SMILES string of the molecule is COC(=O)CCN(CC(=O)N[C@H](C)c1ccc(C)c(C)c1)CC(C)C. The molecule has 0 spiro atoms. The van der Waals surface area contributed by atoms with Crippen LogP contribution in [0, 0.1) is 19.8 Å². The van der Waals surface area contributed by atoms with Gasteiger partial charge < -0.3 is 10.1 Å². The number of nitrogens with one attached hydrogen (secondary N) is 1. The van der Waals surface area contributed by atoms with Crippen molar-refractivity contribution in [3.8, 4) is 0 Å². The summed E-state index contributed by atoms with van der Waals surface area (Å²) in [5.41, 5.74) is 3.56. The molecule has 1 N–H and O–H groups in total. The van der Waals surface area contributed by atoms with Crippen LogP contribution in [0.3, 0.4) is 0 Å². The summed E-state index contributed by atoms with van der Waals surface area (Å²) in [5, 5.41) is 3.05. The van der Waals surface area contributed by atoms with Crippen molar-refractivity contribution in [3.05, 3.63) is 34.9 Å². The Bertz CT molecular complexity index is 584. The number of amides is 1. The Kier molecular flexibility index (Phi) is 8.62. The summed E-state index contributed by atoms with van der Waals surface area (Å²) in [6.07, 6.45) is 0.295. The molecule has 1 aromatic carbocycles. The fourth-order valence-corrected chi connectivity index (χ4v) is 2.71. The van der Waals surface area contributed by atoms with Gasteiger partial charge in [0.2, 0.25) is 5.91 Å². The third-order valence-corrected chi connectivity index (χ3v) is 4.26. The Morgan fingerprint density at radius 3 is 2.40 bits per heavy atom. The van der Waals surface area contributed by atoms with Gasteiger partial charge in [0, 0.05) is 13.1 Å². The maximum absolute atomic E-state index is 12.4. The quantitative estimate of drug-likeness (QED) is 0.697. The first-order valence-corrected chi connectivity index (χ1v) is 8.88. The van der Waals surface area contributed by atoms with Gasteiger partial charge >= 0.3 is 5.97 Å². The minimum absolute atomic E-state index is 0.0313. The Balaban J connectivity index is 2.62. The minimum atomic E-state index is -0.252. The molecule has 1 rings (SSSR count). The number of methoxy groups -OCH3 is 1. The number of nitrogens with zero attached hydrogens (tertiary/aromatic N) is 1. The lowest BCUT2D eigenvalue weighted by molar-refractivity contribution is -0.141. The van der Waals surface area contributed by atoms with Gasteiger partial charge in [-0.3, -0.25) is 14.5 Å². The van der Waals surface area contributed by atoms with E-state index in [0.717, 1.165) is 12.1 Å². The van der Waals surface area contributed by atoms with Crippen LogP contribution in [0.4, 0.5) is 0 Å². The lowest BCUT2D eigenvalue weighted by Crippen LogP contribution is -2.40. The molecule has 0 aromatic heterocycles. The summed E-state index contributed by atoms with van der Waals surface area (Å²) >= 11 is 0. The van der Waals surface area contributed by atoms with Gasteiger partial charge in [-0.15, -0.1) is 0 Å². The zero-order valence-corrected chi connectivity index (χ0v) is 16.4. The average Bonchev–Trinajstić information content (AvgIpc) is 2.54. The van der Waals surface area contributed by atoms with Crippen LogP contribution in [-0.2, 0) is 14.3 Å². The Hall–Kier alpha value is -1.88. The van der Waals surface area contributed by atoms with Crippen molar-refractivity contribution >= 4 is 11.9 Å². The maximum atomic E-state index is 12.4. The van der Waals surface area contributed by atoms with Gasteiger partial charge in [-0.1, -0.05) is 32.0 Å². The lowest BCUT2D eigenvalue weighted by atomic mass is 10.0. The van der Waals surface area contributed by atoms with Gasteiger partial charge in [0.15, 0.2) is 0 Å². The van der Waals surface area contributed by atoms with Gasteiger partial charge in [-0.25, -0.2) is 0 Å². The Morgan fingerprint density at radius 2 is 1.84 bits per heavy atom. The number of esters is 1. The third kappa shape index (κ3) is 7.69. The molecule has 0 aliphatic rings. The molecule has 0 saturated carbocycles. The number of ether oxygens (including phenoxy) is 1. The molecule has 0 bridgehead atoms. The van der Waals surface area contributed by atoms with Crippen molar-refractivity contribution in [2.24, 2.45) is 5.92 Å². The molecule has 0 radical (unpaired) electrons. The number of benzene rings is 1. The molecule has 1 atom stereocenters. The van der Waals surface area contributed by atoms with Crippen molar-refractivity contribution in [1.82, 2.24) is 10.2 Å². The van der Waals surface area contributed by atoms with E-state index in [0.29, 0.717) is 18.9 Å². The van der Waals surface area contributed by atoms with Crippen LogP contribution in [0.1, 0.15) is 49.9 Å². The second kappa shape index (κ2) is 10.2. The van der Waals surface area contributed by atoms with Crippen LogP contribution in [0.15, 0.2) is 18.2 Å². The van der Waals surface area contributed by atoms with E-state index in [9.17, 15) is 9.59 Å². The fourth-order valence-electron chi connectivity index (χ4n) is 2.71. The standard InChI is InChI=1S/C20H32N2O3/c1-14(2)12-22(10-9-20(24)25-6)13-19(23)21-17(5)18-8-7-15(3)16(4)11-18/h7-8,11,14,17H,9-10,12-13H2,1-6H3,(H,21,23)/t17-/m1/s1. The predicted octanol–water partition coefficient (Wildman–Crippen LogP) is 3.00. The molecule has 5 nitrogen and oxygen atoms in total. The molecular formula is C20H32N2O3. The number of carbonyl (C=O) groups is 2. The highest BCUT2D eigenvalue weighted by Crippen LogP contribution is 2.16. The molecule has 0 aliphatic heterocycles. The molecule has 140 valence electrons. The smallest absolute Gasteiger partial charge is 0.306 e. The summed E-state index contributed by atoms with van der Waals surface area (Å²) < 4.78 is 4.69. The second-order valence-electron chi connectivity index (χ2n) is 7.09. The van der Waals surface area contributed by atoms with E-state index in [1.807, 2.05) is 11.8 Å². The minimum Gasteiger partial charge on any atom is -0.469 e. The number of rotatable bonds is 9. The lowest BCUT2D eigenvalue weighted by Gasteiger charge is -2.24. The molecule has 0 saturated heterocycles. The first-order valence-electron chi connectivity index (χ1n) is 8.88. The van der Waals surface area contributed by atoms with Gasteiger partial charge in [-0.2, -0.15) is 0 Å². The van der Waals surface area contributed by atoms with E-state index in [-0.39, 0.29) is 24.5 Å². The van der Waals surface area contributed by atoms with Crippen molar-refractivity contribution in [2.75, 3.05) is 26.7 Å². The van der Waals surface area contributed by atoms with Crippen molar-refractivity contribution < 1.29 is 14.3 Å². The maximum Gasteiger partial charge on any atom is 0.306 e. The normalized spacial score (nSPS) is 12.3. The monoisotopic (exact) mass is 348 g/mol. The molecule has 25 heavy (non-hydrogen) atoms. The largest absolute Gasteiger partial charge is 0.469 e. The highest BCUT2D eigenvalue weighted by Gasteiger charge is 2.16. The number of aryl methyl sites for hydroxylation is 2. The van der Waals surface area contributed by atoms with E-state index < -0.39 is 0 Å². The molecule has 1 aromatic rings. The van der Waals surface area contributed by atoms with Crippen LogP contribution >= 0.6 is 0 Å². The summed E-state index contributed by atoms with van der Waals surface area (Å²) in [4.78, 5) is 25.8. The van der Waals surface area contributed by atoms with E-state index in [1.165, 1.54) is 18.2 Å². The van der Waals surface area contributed by atoms with E-state index in [1.54, 1.807) is 0 Å². The summed E-state index contributed by atoms with van der Waals surface area (Å²) in [6.45, 7) is 11.9. The van der Waals surface area contributed by atoms with Crippen LogP contribution in [-0.4, -0.2) is 43.5 Å². The summed E-state index contributed by atoms with van der Waals surface area (Å²) in [7, 11) is 1.38. The van der Waals surface area contributed by atoms with Gasteiger partial charge in [0.1, 0.15) is 0 Å². The van der Waals surface area contributed by atoms with Gasteiger partial charge in [0.05, 0.1) is 26.1 Å². The highest BCUT2D eigenvalue weighted by molar-refractivity contribution is 5.78. The molecule has 1 amide bonds. The highest BCUT2D eigenvalue weighted by atomic mass is 16.5. The molecule has 5 heteroatoms. The average molecular weight is 348 g/mol. The molecule has 0 heterocycles. The zero-order valence-electron chi connectivity index (χ0n) is 16.4. The van der Waals surface area contributed by atoms with Gasteiger partial charge in [0.25, 0.3) is 0 Å². The predicted molar refractivity (Wildman–Crippen MR) is 100 cm³/mol. The number of hydrogen-bond donors (Lipinski definition) is 1. The van der Waals surface area contributed by atoms with Gasteiger partial charge in [-0.05, 0) is 43.4 Å². The fraction of sp³-hybridized carbons (Fsp3) is 0.600. The van der Waals surface area contributed by atoms with E-state index in [4.69, 9.17) is 0 Å². The first-order chi connectivity index (χ1) is 11.7. The van der Waals surface area contributed by atoms with E-state index >= 15 is 0 Å². The Morgan fingerprint density at radius 1 is 1.16 bits per heavy atom. The van der Waals surface area contributed by atoms with Crippen molar-refractivity contribution in [2.45, 2.75) is 47.1 Å². The van der Waals surface area contributed by atoms with Crippen molar-refractivity contribution in [3.63, 3.8) is 0 Å². The third-order valence-electron chi connectivity index (χ3n) is 4.26.